The molecule has 4 rings (SSSR count). The summed E-state index contributed by atoms with van der Waals surface area (Å²) in [6.07, 6.45) is 7.09. The van der Waals surface area contributed by atoms with Crippen molar-refractivity contribution in [2.45, 2.75) is 57.2 Å². The highest BCUT2D eigenvalue weighted by Gasteiger charge is 2.21. The predicted molar refractivity (Wildman–Crippen MR) is 95.5 cm³/mol. The van der Waals surface area contributed by atoms with Crippen LogP contribution < -0.4 is 5.32 Å². The van der Waals surface area contributed by atoms with Crippen molar-refractivity contribution in [3.8, 4) is 0 Å². The molecule has 2 saturated heterocycles. The van der Waals surface area contributed by atoms with Crippen LogP contribution in [0.2, 0.25) is 0 Å². The van der Waals surface area contributed by atoms with Crippen LogP contribution in [0.4, 0.5) is 5.69 Å². The average Bonchev–Trinajstić information content (AvgIpc) is 3.30. The van der Waals surface area contributed by atoms with E-state index in [2.05, 4.69) is 15.3 Å². The summed E-state index contributed by atoms with van der Waals surface area (Å²) in [6.45, 7) is 1.63. The SMILES string of the molecule is O=C(CC[C@@H]1CCCCO1)Nc1ccc2nc([C@@H]3CCCO3)[nH]c2c1. The van der Waals surface area contributed by atoms with Crippen LogP contribution in [0.15, 0.2) is 18.2 Å². The van der Waals surface area contributed by atoms with Gasteiger partial charge in [0, 0.05) is 25.3 Å². The Bertz CT molecular complexity index is 731. The molecule has 0 unspecified atom stereocenters. The van der Waals surface area contributed by atoms with Gasteiger partial charge in [-0.2, -0.15) is 0 Å². The Balaban J connectivity index is 1.36. The fraction of sp³-hybridized carbons (Fsp3) is 0.579. The van der Waals surface area contributed by atoms with Gasteiger partial charge in [0.2, 0.25) is 5.91 Å². The lowest BCUT2D eigenvalue weighted by atomic mass is 10.0. The molecule has 0 spiro atoms. The summed E-state index contributed by atoms with van der Waals surface area (Å²) in [7, 11) is 0. The van der Waals surface area contributed by atoms with Crippen LogP contribution in [0.1, 0.15) is 56.9 Å². The molecule has 0 radical (unpaired) electrons. The summed E-state index contributed by atoms with van der Waals surface area (Å²) >= 11 is 0. The zero-order valence-corrected chi connectivity index (χ0v) is 14.4. The van der Waals surface area contributed by atoms with Gasteiger partial charge in [-0.1, -0.05) is 0 Å². The van der Waals surface area contributed by atoms with E-state index >= 15 is 0 Å². The van der Waals surface area contributed by atoms with E-state index in [1.807, 2.05) is 18.2 Å². The van der Waals surface area contributed by atoms with Crippen molar-refractivity contribution in [2.24, 2.45) is 0 Å². The molecular formula is C19H25N3O3. The maximum atomic E-state index is 12.2. The second-order valence-corrected chi connectivity index (χ2v) is 6.93. The number of amides is 1. The summed E-state index contributed by atoms with van der Waals surface area (Å²) in [6, 6.07) is 5.78. The largest absolute Gasteiger partial charge is 0.378 e. The maximum absolute atomic E-state index is 12.2. The molecular weight excluding hydrogens is 318 g/mol. The molecule has 1 amide bonds. The quantitative estimate of drug-likeness (QED) is 0.868. The molecule has 2 aromatic rings. The number of aromatic nitrogens is 2. The van der Waals surface area contributed by atoms with Gasteiger partial charge in [-0.15, -0.1) is 0 Å². The van der Waals surface area contributed by atoms with E-state index in [1.54, 1.807) is 0 Å². The first-order valence-corrected chi connectivity index (χ1v) is 9.31. The molecule has 25 heavy (non-hydrogen) atoms. The fourth-order valence-corrected chi connectivity index (χ4v) is 3.60. The third-order valence-corrected chi connectivity index (χ3v) is 4.99. The highest BCUT2D eigenvalue weighted by atomic mass is 16.5. The van der Waals surface area contributed by atoms with E-state index in [-0.39, 0.29) is 18.1 Å². The van der Waals surface area contributed by atoms with Gasteiger partial charge in [-0.3, -0.25) is 4.79 Å². The van der Waals surface area contributed by atoms with E-state index in [4.69, 9.17) is 9.47 Å². The third-order valence-electron chi connectivity index (χ3n) is 4.99. The first-order valence-electron chi connectivity index (χ1n) is 9.31. The number of carbonyl (C=O) groups is 1. The van der Waals surface area contributed by atoms with Gasteiger partial charge in [0.1, 0.15) is 11.9 Å². The number of hydrogen-bond acceptors (Lipinski definition) is 4. The summed E-state index contributed by atoms with van der Waals surface area (Å²) in [4.78, 5) is 20.1. The molecule has 6 nitrogen and oxygen atoms in total. The molecule has 2 aliphatic heterocycles. The number of anilines is 1. The number of hydrogen-bond donors (Lipinski definition) is 2. The molecule has 6 heteroatoms. The Kier molecular flexibility index (Phi) is 4.99. The lowest BCUT2D eigenvalue weighted by Gasteiger charge is -2.22. The van der Waals surface area contributed by atoms with Gasteiger partial charge in [0.25, 0.3) is 0 Å². The zero-order valence-electron chi connectivity index (χ0n) is 14.4. The van der Waals surface area contributed by atoms with E-state index in [0.717, 1.165) is 67.9 Å². The van der Waals surface area contributed by atoms with Crippen LogP contribution in [0, 0.1) is 0 Å². The molecule has 2 N–H and O–H groups in total. The van der Waals surface area contributed by atoms with Crippen molar-refractivity contribution in [3.63, 3.8) is 0 Å². The van der Waals surface area contributed by atoms with Crippen LogP contribution in [0.25, 0.3) is 11.0 Å². The minimum absolute atomic E-state index is 0.0346. The van der Waals surface area contributed by atoms with Gasteiger partial charge in [0.05, 0.1) is 17.1 Å². The van der Waals surface area contributed by atoms with Gasteiger partial charge < -0.3 is 19.8 Å². The summed E-state index contributed by atoms with van der Waals surface area (Å²) in [5, 5.41) is 2.98. The molecule has 2 atom stereocenters. The lowest BCUT2D eigenvalue weighted by Crippen LogP contribution is -2.21. The number of benzene rings is 1. The second kappa shape index (κ2) is 7.54. The van der Waals surface area contributed by atoms with Gasteiger partial charge in [-0.05, 0) is 56.7 Å². The Morgan fingerprint density at radius 2 is 2.12 bits per heavy atom. The van der Waals surface area contributed by atoms with E-state index < -0.39 is 0 Å². The van der Waals surface area contributed by atoms with Crippen LogP contribution >= 0.6 is 0 Å². The molecule has 2 aliphatic rings. The van der Waals surface area contributed by atoms with Crippen LogP contribution in [-0.2, 0) is 14.3 Å². The van der Waals surface area contributed by atoms with Crippen molar-refractivity contribution in [2.75, 3.05) is 18.5 Å². The monoisotopic (exact) mass is 343 g/mol. The van der Waals surface area contributed by atoms with Gasteiger partial charge in [-0.25, -0.2) is 4.98 Å². The molecule has 1 aromatic heterocycles. The van der Waals surface area contributed by atoms with Crippen LogP contribution in [0.5, 0.6) is 0 Å². The minimum Gasteiger partial charge on any atom is -0.378 e. The first kappa shape index (κ1) is 16.5. The number of imidazole rings is 1. The molecule has 134 valence electrons. The molecule has 3 heterocycles. The molecule has 2 fully saturated rings. The number of nitrogens with one attached hydrogen (secondary N) is 2. The number of ether oxygens (including phenoxy) is 2. The predicted octanol–water partition coefficient (Wildman–Crippen LogP) is 3.70. The Labute approximate surface area is 147 Å². The molecule has 0 saturated carbocycles. The third kappa shape index (κ3) is 4.02. The van der Waals surface area contributed by atoms with E-state index in [9.17, 15) is 4.79 Å². The maximum Gasteiger partial charge on any atom is 0.224 e. The van der Waals surface area contributed by atoms with Crippen molar-refractivity contribution >= 4 is 22.6 Å². The summed E-state index contributed by atoms with van der Waals surface area (Å²) in [5.41, 5.74) is 2.63. The number of rotatable bonds is 5. The highest BCUT2D eigenvalue weighted by Crippen LogP contribution is 2.28. The van der Waals surface area contributed by atoms with Crippen LogP contribution in [-0.4, -0.2) is 35.2 Å². The molecule has 1 aromatic carbocycles. The zero-order chi connectivity index (χ0) is 17.1. The fourth-order valence-electron chi connectivity index (χ4n) is 3.60. The summed E-state index contributed by atoms with van der Waals surface area (Å²) < 4.78 is 11.4. The van der Waals surface area contributed by atoms with E-state index in [1.165, 1.54) is 6.42 Å². The Morgan fingerprint density at radius 1 is 1.20 bits per heavy atom. The van der Waals surface area contributed by atoms with Crippen LogP contribution in [0.3, 0.4) is 0 Å². The Hall–Kier alpha value is -1.92. The standard InChI is InChI=1S/C19H25N3O3/c23-18(9-7-14-4-1-2-10-24-14)20-13-6-8-15-16(12-13)22-19(21-15)17-5-3-11-25-17/h6,8,12,14,17H,1-5,7,9-11H2,(H,20,23)(H,21,22)/t14-,17-/m0/s1. The number of H-pyrrole nitrogens is 1. The minimum atomic E-state index is 0.0346. The summed E-state index contributed by atoms with van der Waals surface area (Å²) in [5.74, 6) is 0.915. The molecule has 0 aliphatic carbocycles. The smallest absolute Gasteiger partial charge is 0.224 e. The van der Waals surface area contributed by atoms with Crippen molar-refractivity contribution in [1.29, 1.82) is 0 Å². The van der Waals surface area contributed by atoms with E-state index in [0.29, 0.717) is 6.42 Å². The van der Waals surface area contributed by atoms with Gasteiger partial charge >= 0.3 is 0 Å². The second-order valence-electron chi connectivity index (χ2n) is 6.93. The normalized spacial score (nSPS) is 23.8. The number of fused-ring (bicyclic) bond motifs is 1. The average molecular weight is 343 g/mol. The lowest BCUT2D eigenvalue weighted by molar-refractivity contribution is -0.117. The van der Waals surface area contributed by atoms with Crippen molar-refractivity contribution < 1.29 is 14.3 Å². The number of carbonyl (C=O) groups excluding carboxylic acids is 1. The number of aromatic amines is 1. The topological polar surface area (TPSA) is 76.2 Å². The first-order chi connectivity index (χ1) is 12.3. The number of nitrogens with zero attached hydrogens (tertiary/aromatic N) is 1. The Morgan fingerprint density at radius 3 is 2.92 bits per heavy atom. The molecule has 0 bridgehead atoms. The van der Waals surface area contributed by atoms with Crippen molar-refractivity contribution in [3.05, 3.63) is 24.0 Å². The highest BCUT2D eigenvalue weighted by molar-refractivity contribution is 5.93. The van der Waals surface area contributed by atoms with Crippen molar-refractivity contribution in [1.82, 2.24) is 9.97 Å². The van der Waals surface area contributed by atoms with Gasteiger partial charge in [0.15, 0.2) is 0 Å².